The van der Waals surface area contributed by atoms with Crippen LogP contribution in [0.4, 0.5) is 17.6 Å². The Bertz CT molecular complexity index is 596. The molecule has 1 rings (SSSR count). The summed E-state index contributed by atoms with van der Waals surface area (Å²) in [6.45, 7) is 4.48. The van der Waals surface area contributed by atoms with Gasteiger partial charge in [-0.05, 0) is 11.5 Å². The monoisotopic (exact) mass is 307 g/mol. The summed E-state index contributed by atoms with van der Waals surface area (Å²) in [7, 11) is 0. The summed E-state index contributed by atoms with van der Waals surface area (Å²) in [5.41, 5.74) is -2.04. The van der Waals surface area contributed by atoms with Crippen molar-refractivity contribution in [1.29, 1.82) is 0 Å². The van der Waals surface area contributed by atoms with Crippen molar-refractivity contribution in [2.75, 3.05) is 0 Å². The van der Waals surface area contributed by atoms with Crippen LogP contribution in [0.1, 0.15) is 31.1 Å². The molecule has 0 aliphatic carbocycles. The van der Waals surface area contributed by atoms with E-state index in [1.54, 1.807) is 0 Å². The smallest absolute Gasteiger partial charge is 0.326 e. The maximum atomic E-state index is 13.5. The Hall–Kier alpha value is -2.12. The molecule has 1 aromatic rings. The Morgan fingerprint density at radius 1 is 1.10 bits per heavy atom. The third-order valence-corrected chi connectivity index (χ3v) is 2.74. The van der Waals surface area contributed by atoms with Crippen LogP contribution >= 0.6 is 0 Å². The van der Waals surface area contributed by atoms with Crippen molar-refractivity contribution >= 4 is 11.9 Å². The number of amides is 1. The van der Waals surface area contributed by atoms with Crippen molar-refractivity contribution < 1.29 is 32.3 Å². The van der Waals surface area contributed by atoms with Gasteiger partial charge in [-0.15, -0.1) is 0 Å². The second kappa shape index (κ2) is 5.71. The number of carbonyl (C=O) groups excluding carboxylic acids is 1. The first-order valence-electron chi connectivity index (χ1n) is 5.83. The minimum atomic E-state index is -2.14. The molecule has 21 heavy (non-hydrogen) atoms. The lowest BCUT2D eigenvalue weighted by atomic mass is 9.86. The van der Waals surface area contributed by atoms with Gasteiger partial charge in [0.2, 0.25) is 0 Å². The molecule has 1 atom stereocenters. The van der Waals surface area contributed by atoms with Gasteiger partial charge >= 0.3 is 5.97 Å². The van der Waals surface area contributed by atoms with Crippen molar-refractivity contribution in [3.63, 3.8) is 0 Å². The molecule has 0 saturated carbocycles. The predicted molar refractivity (Wildman–Crippen MR) is 64.6 cm³/mol. The predicted octanol–water partition coefficient (Wildman–Crippen LogP) is 2.47. The molecular weight excluding hydrogens is 294 g/mol. The third kappa shape index (κ3) is 3.50. The van der Waals surface area contributed by atoms with Gasteiger partial charge < -0.3 is 10.4 Å². The van der Waals surface area contributed by atoms with Gasteiger partial charge in [0.15, 0.2) is 23.3 Å². The number of aliphatic carboxylic acids is 1. The standard InChI is InChI=1S/C13H13F4NO3/c1-13(2,3)10(12(20)21)18-11(19)5-4-6(14)8(16)9(17)7(5)15/h4,10H,1-3H3,(H,18,19)(H,20,21)/t10-/m0/s1. The molecular formula is C13H13F4NO3. The molecule has 0 unspecified atom stereocenters. The molecule has 2 N–H and O–H groups in total. The lowest BCUT2D eigenvalue weighted by molar-refractivity contribution is -0.142. The molecule has 0 aliphatic heterocycles. The van der Waals surface area contributed by atoms with Crippen LogP contribution in [0, 0.1) is 28.7 Å². The Morgan fingerprint density at radius 2 is 1.62 bits per heavy atom. The van der Waals surface area contributed by atoms with E-state index in [0.29, 0.717) is 0 Å². The van der Waals surface area contributed by atoms with Gasteiger partial charge in [0.25, 0.3) is 5.91 Å². The molecule has 0 aliphatic rings. The van der Waals surface area contributed by atoms with Crippen molar-refractivity contribution in [3.8, 4) is 0 Å². The molecule has 0 heterocycles. The number of hydrogen-bond donors (Lipinski definition) is 2. The third-order valence-electron chi connectivity index (χ3n) is 2.74. The highest BCUT2D eigenvalue weighted by atomic mass is 19.2. The molecule has 1 amide bonds. The number of carbonyl (C=O) groups is 2. The number of carboxylic acid groups (broad SMARTS) is 1. The number of benzene rings is 1. The Morgan fingerprint density at radius 3 is 2.05 bits per heavy atom. The quantitative estimate of drug-likeness (QED) is 0.512. The minimum Gasteiger partial charge on any atom is -0.480 e. The summed E-state index contributed by atoms with van der Waals surface area (Å²) in [6.07, 6.45) is 0. The summed E-state index contributed by atoms with van der Waals surface area (Å²) >= 11 is 0. The number of halogens is 4. The first-order chi connectivity index (χ1) is 9.46. The second-order valence-corrected chi connectivity index (χ2v) is 5.46. The van der Waals surface area contributed by atoms with Crippen LogP contribution in [0.3, 0.4) is 0 Å². The second-order valence-electron chi connectivity index (χ2n) is 5.46. The van der Waals surface area contributed by atoms with Crippen LogP contribution in [0.25, 0.3) is 0 Å². The molecule has 116 valence electrons. The normalized spacial score (nSPS) is 12.9. The number of nitrogens with one attached hydrogen (secondary N) is 1. The van der Waals surface area contributed by atoms with E-state index in [9.17, 15) is 27.2 Å². The number of carboxylic acids is 1. The topological polar surface area (TPSA) is 66.4 Å². The zero-order valence-electron chi connectivity index (χ0n) is 11.4. The van der Waals surface area contributed by atoms with Gasteiger partial charge in [-0.1, -0.05) is 20.8 Å². The maximum absolute atomic E-state index is 13.5. The van der Waals surface area contributed by atoms with Crippen molar-refractivity contribution in [1.82, 2.24) is 5.32 Å². The van der Waals surface area contributed by atoms with Gasteiger partial charge in [0.05, 0.1) is 5.56 Å². The van der Waals surface area contributed by atoms with Crippen LogP contribution in [0.2, 0.25) is 0 Å². The molecule has 8 heteroatoms. The lowest BCUT2D eigenvalue weighted by Crippen LogP contribution is -2.49. The number of rotatable bonds is 3. The zero-order chi connectivity index (χ0) is 16.5. The largest absolute Gasteiger partial charge is 0.480 e. The molecule has 0 saturated heterocycles. The highest BCUT2D eigenvalue weighted by Crippen LogP contribution is 2.22. The molecule has 0 aromatic heterocycles. The summed E-state index contributed by atoms with van der Waals surface area (Å²) in [6, 6.07) is -1.26. The molecule has 0 bridgehead atoms. The van der Waals surface area contributed by atoms with E-state index in [4.69, 9.17) is 5.11 Å². The lowest BCUT2D eigenvalue weighted by Gasteiger charge is -2.27. The summed E-state index contributed by atoms with van der Waals surface area (Å²) in [5.74, 6) is -10.6. The van der Waals surface area contributed by atoms with Crippen LogP contribution in [-0.2, 0) is 4.79 Å². The van der Waals surface area contributed by atoms with Crippen LogP contribution < -0.4 is 5.32 Å². The fourth-order valence-electron chi connectivity index (χ4n) is 1.60. The average molecular weight is 307 g/mol. The van der Waals surface area contributed by atoms with Gasteiger partial charge in [-0.25, -0.2) is 22.4 Å². The number of hydrogen-bond acceptors (Lipinski definition) is 2. The highest BCUT2D eigenvalue weighted by molar-refractivity contribution is 5.97. The van der Waals surface area contributed by atoms with Crippen molar-refractivity contribution in [2.24, 2.45) is 5.41 Å². The van der Waals surface area contributed by atoms with Gasteiger partial charge in [0.1, 0.15) is 6.04 Å². The van der Waals surface area contributed by atoms with E-state index >= 15 is 0 Å². The van der Waals surface area contributed by atoms with E-state index in [1.165, 1.54) is 20.8 Å². The van der Waals surface area contributed by atoms with E-state index in [2.05, 4.69) is 0 Å². The zero-order valence-corrected chi connectivity index (χ0v) is 11.4. The van der Waals surface area contributed by atoms with E-state index in [0.717, 1.165) is 0 Å². The Labute approximate surface area is 117 Å². The first-order valence-corrected chi connectivity index (χ1v) is 5.83. The fraction of sp³-hybridized carbons (Fsp3) is 0.385. The molecule has 0 radical (unpaired) electrons. The molecule has 0 fully saturated rings. The maximum Gasteiger partial charge on any atom is 0.326 e. The Balaban J connectivity index is 3.19. The summed E-state index contributed by atoms with van der Waals surface area (Å²) in [4.78, 5) is 22.8. The van der Waals surface area contributed by atoms with Gasteiger partial charge in [-0.3, -0.25) is 4.79 Å². The molecule has 4 nitrogen and oxygen atoms in total. The van der Waals surface area contributed by atoms with Crippen molar-refractivity contribution in [3.05, 3.63) is 34.9 Å². The van der Waals surface area contributed by atoms with Crippen LogP contribution in [0.15, 0.2) is 6.07 Å². The first kappa shape index (κ1) is 16.9. The van der Waals surface area contributed by atoms with E-state index < -0.39 is 52.2 Å². The summed E-state index contributed by atoms with van der Waals surface area (Å²) in [5, 5.41) is 11.0. The van der Waals surface area contributed by atoms with Crippen LogP contribution in [0.5, 0.6) is 0 Å². The SMILES string of the molecule is CC(C)(C)[C@@H](NC(=O)c1cc(F)c(F)c(F)c1F)C(=O)O. The van der Waals surface area contributed by atoms with Gasteiger partial charge in [0, 0.05) is 0 Å². The fourth-order valence-corrected chi connectivity index (χ4v) is 1.60. The summed E-state index contributed by atoms with van der Waals surface area (Å²) < 4.78 is 52.3. The average Bonchev–Trinajstić information content (AvgIpc) is 2.35. The van der Waals surface area contributed by atoms with Crippen molar-refractivity contribution in [2.45, 2.75) is 26.8 Å². The minimum absolute atomic E-state index is 0.171. The Kier molecular flexibility index (Phi) is 4.60. The van der Waals surface area contributed by atoms with Gasteiger partial charge in [-0.2, -0.15) is 0 Å². The van der Waals surface area contributed by atoms with Crippen LogP contribution in [-0.4, -0.2) is 23.0 Å². The molecule has 0 spiro atoms. The molecule has 1 aromatic carbocycles. The highest BCUT2D eigenvalue weighted by Gasteiger charge is 2.34. The van der Waals surface area contributed by atoms with E-state index in [-0.39, 0.29) is 6.07 Å². The van der Waals surface area contributed by atoms with E-state index in [1.807, 2.05) is 5.32 Å².